The Morgan fingerprint density at radius 2 is 1.47 bits per heavy atom. The van der Waals surface area contributed by atoms with Gasteiger partial charge in [-0.1, -0.05) is 0 Å². The minimum atomic E-state index is -0.636. The van der Waals surface area contributed by atoms with Gasteiger partial charge < -0.3 is 16.4 Å². The van der Waals surface area contributed by atoms with E-state index in [0.29, 0.717) is 25.9 Å². The number of likely N-dealkylation sites (tertiary alicyclic amines) is 1. The van der Waals surface area contributed by atoms with E-state index in [4.69, 9.17) is 11.5 Å². The van der Waals surface area contributed by atoms with Crippen LogP contribution in [0.25, 0.3) is 0 Å². The summed E-state index contributed by atoms with van der Waals surface area (Å²) in [7, 11) is 0. The Morgan fingerprint density at radius 3 is 1.89 bits per heavy atom. The molecule has 19 heavy (non-hydrogen) atoms. The van der Waals surface area contributed by atoms with Gasteiger partial charge in [-0.05, 0) is 0 Å². The molecule has 1 aliphatic heterocycles. The van der Waals surface area contributed by atoms with E-state index in [2.05, 4.69) is 0 Å². The smallest absolute Gasteiger partial charge is 0.236 e. The van der Waals surface area contributed by atoms with E-state index in [9.17, 15) is 19.2 Å². The topological polar surface area (TPSA) is 127 Å². The predicted molar refractivity (Wildman–Crippen MR) is 65.6 cm³/mol. The summed E-state index contributed by atoms with van der Waals surface area (Å²) in [4.78, 5) is 47.6. The molecular weight excluding hydrogens is 252 g/mol. The summed E-state index contributed by atoms with van der Waals surface area (Å²) in [5.74, 6) is -1.38. The summed E-state index contributed by atoms with van der Waals surface area (Å²) in [5, 5.41) is 0. The maximum atomic E-state index is 11.9. The number of carbonyl (C=O) groups is 4. The van der Waals surface area contributed by atoms with E-state index in [1.165, 1.54) is 9.80 Å². The molecule has 0 spiro atoms. The van der Waals surface area contributed by atoms with Crippen molar-refractivity contribution in [2.75, 3.05) is 32.7 Å². The Hall–Kier alpha value is -1.96. The molecule has 0 aromatic carbocycles. The van der Waals surface area contributed by atoms with Crippen LogP contribution < -0.4 is 11.5 Å². The minimum absolute atomic E-state index is 0.111. The van der Waals surface area contributed by atoms with Crippen LogP contribution >= 0.6 is 0 Å². The Morgan fingerprint density at radius 1 is 1.00 bits per heavy atom. The van der Waals surface area contributed by atoms with Crippen molar-refractivity contribution in [3.63, 3.8) is 0 Å². The van der Waals surface area contributed by atoms with Gasteiger partial charge in [-0.15, -0.1) is 0 Å². The third-order valence-corrected chi connectivity index (χ3v) is 2.79. The summed E-state index contributed by atoms with van der Waals surface area (Å²) < 4.78 is 0. The van der Waals surface area contributed by atoms with Crippen molar-refractivity contribution < 1.29 is 19.2 Å². The summed E-state index contributed by atoms with van der Waals surface area (Å²) >= 11 is 0. The van der Waals surface area contributed by atoms with Crippen molar-refractivity contribution in [1.29, 1.82) is 0 Å². The molecule has 0 atom stereocenters. The fourth-order valence-corrected chi connectivity index (χ4v) is 1.91. The SMILES string of the molecule is NC(=O)CN(CC(N)=O)CC(=O)N1CCC(=O)CC1. The highest BCUT2D eigenvalue weighted by atomic mass is 16.2. The molecule has 1 fully saturated rings. The fraction of sp³-hybridized carbons (Fsp3) is 0.636. The quantitative estimate of drug-likeness (QED) is 0.549. The number of piperidine rings is 1. The molecule has 3 amide bonds. The molecule has 0 bridgehead atoms. The van der Waals surface area contributed by atoms with E-state index < -0.39 is 11.8 Å². The fourth-order valence-electron chi connectivity index (χ4n) is 1.91. The highest BCUT2D eigenvalue weighted by Gasteiger charge is 2.23. The second-order valence-electron chi connectivity index (χ2n) is 4.50. The second kappa shape index (κ2) is 6.83. The summed E-state index contributed by atoms with van der Waals surface area (Å²) in [5.41, 5.74) is 10.1. The van der Waals surface area contributed by atoms with Crippen LogP contribution in [0.5, 0.6) is 0 Å². The average Bonchev–Trinajstić information content (AvgIpc) is 2.27. The predicted octanol–water partition coefficient (Wildman–Crippen LogP) is -2.55. The van der Waals surface area contributed by atoms with Crippen LogP contribution in [0.4, 0.5) is 0 Å². The van der Waals surface area contributed by atoms with E-state index in [-0.39, 0.29) is 31.3 Å². The molecule has 0 aliphatic carbocycles. The van der Waals surface area contributed by atoms with Crippen LogP contribution in [0.3, 0.4) is 0 Å². The van der Waals surface area contributed by atoms with Gasteiger partial charge in [-0.3, -0.25) is 24.1 Å². The van der Waals surface area contributed by atoms with Gasteiger partial charge in [0.15, 0.2) is 0 Å². The molecule has 0 saturated carbocycles. The molecule has 4 N–H and O–H groups in total. The zero-order chi connectivity index (χ0) is 14.4. The molecule has 8 heteroatoms. The molecule has 0 radical (unpaired) electrons. The first-order chi connectivity index (χ1) is 8.88. The third-order valence-electron chi connectivity index (χ3n) is 2.79. The zero-order valence-corrected chi connectivity index (χ0v) is 10.6. The first-order valence-corrected chi connectivity index (χ1v) is 5.97. The number of hydrogen-bond donors (Lipinski definition) is 2. The lowest BCUT2D eigenvalue weighted by Crippen LogP contribution is -2.48. The number of carbonyl (C=O) groups excluding carboxylic acids is 4. The highest BCUT2D eigenvalue weighted by Crippen LogP contribution is 2.06. The van der Waals surface area contributed by atoms with Crippen molar-refractivity contribution >= 4 is 23.5 Å². The maximum Gasteiger partial charge on any atom is 0.236 e. The molecule has 0 aromatic rings. The molecule has 1 aliphatic rings. The van der Waals surface area contributed by atoms with Gasteiger partial charge in [-0.2, -0.15) is 0 Å². The number of hydrogen-bond acceptors (Lipinski definition) is 5. The van der Waals surface area contributed by atoms with Gasteiger partial charge in [0.25, 0.3) is 0 Å². The standard InChI is InChI=1S/C11H18N4O4/c12-9(17)5-14(6-10(13)18)7-11(19)15-3-1-8(16)2-4-15/h1-7H2,(H2,12,17)(H2,13,18). The second-order valence-corrected chi connectivity index (χ2v) is 4.50. The molecule has 8 nitrogen and oxygen atoms in total. The normalized spacial score (nSPS) is 15.6. The van der Waals surface area contributed by atoms with Crippen LogP contribution in [0.15, 0.2) is 0 Å². The van der Waals surface area contributed by atoms with E-state index in [1.807, 2.05) is 0 Å². The highest BCUT2D eigenvalue weighted by molar-refractivity contribution is 5.85. The van der Waals surface area contributed by atoms with Crippen molar-refractivity contribution in [2.45, 2.75) is 12.8 Å². The summed E-state index contributed by atoms with van der Waals surface area (Å²) in [6.07, 6.45) is 0.689. The van der Waals surface area contributed by atoms with Crippen LogP contribution in [-0.4, -0.2) is 66.0 Å². The average molecular weight is 270 g/mol. The van der Waals surface area contributed by atoms with Crippen LogP contribution in [0.2, 0.25) is 0 Å². The number of amides is 3. The lowest BCUT2D eigenvalue weighted by molar-refractivity contribution is -0.136. The molecule has 106 valence electrons. The lowest BCUT2D eigenvalue weighted by atomic mass is 10.1. The number of Topliss-reactive ketones (excluding diaryl/α,β-unsaturated/α-hetero) is 1. The molecule has 1 rings (SSSR count). The first kappa shape index (κ1) is 15.1. The van der Waals surface area contributed by atoms with E-state index in [0.717, 1.165) is 0 Å². The number of nitrogens with zero attached hydrogens (tertiary/aromatic N) is 2. The van der Waals surface area contributed by atoms with Crippen molar-refractivity contribution in [2.24, 2.45) is 11.5 Å². The molecule has 1 heterocycles. The van der Waals surface area contributed by atoms with Gasteiger partial charge >= 0.3 is 0 Å². The van der Waals surface area contributed by atoms with Gasteiger partial charge in [-0.25, -0.2) is 0 Å². The molecule has 1 saturated heterocycles. The van der Waals surface area contributed by atoms with Gasteiger partial charge in [0, 0.05) is 25.9 Å². The van der Waals surface area contributed by atoms with Crippen LogP contribution in [0, 0.1) is 0 Å². The number of ketones is 1. The lowest BCUT2D eigenvalue weighted by Gasteiger charge is -2.28. The Kier molecular flexibility index (Phi) is 5.43. The zero-order valence-electron chi connectivity index (χ0n) is 10.6. The van der Waals surface area contributed by atoms with E-state index >= 15 is 0 Å². The maximum absolute atomic E-state index is 11.9. The van der Waals surface area contributed by atoms with Crippen molar-refractivity contribution in [3.8, 4) is 0 Å². The molecular formula is C11H18N4O4. The van der Waals surface area contributed by atoms with Crippen LogP contribution in [-0.2, 0) is 19.2 Å². The van der Waals surface area contributed by atoms with Gasteiger partial charge in [0.05, 0.1) is 19.6 Å². The number of nitrogens with two attached hydrogens (primary N) is 2. The number of rotatable bonds is 6. The van der Waals surface area contributed by atoms with Crippen molar-refractivity contribution in [1.82, 2.24) is 9.80 Å². The number of primary amides is 2. The minimum Gasteiger partial charge on any atom is -0.369 e. The Labute approximate surface area is 110 Å². The van der Waals surface area contributed by atoms with Crippen molar-refractivity contribution in [3.05, 3.63) is 0 Å². The molecule has 0 aromatic heterocycles. The van der Waals surface area contributed by atoms with E-state index in [1.54, 1.807) is 0 Å². The first-order valence-electron chi connectivity index (χ1n) is 5.97. The van der Waals surface area contributed by atoms with Gasteiger partial charge in [0.1, 0.15) is 5.78 Å². The third kappa shape index (κ3) is 5.47. The van der Waals surface area contributed by atoms with Crippen LogP contribution in [0.1, 0.15) is 12.8 Å². The Balaban J connectivity index is 2.52. The summed E-state index contributed by atoms with van der Waals surface area (Å²) in [6, 6.07) is 0. The summed E-state index contributed by atoms with van der Waals surface area (Å²) in [6.45, 7) is 0.222. The largest absolute Gasteiger partial charge is 0.369 e. The monoisotopic (exact) mass is 270 g/mol. The Bertz CT molecular complexity index is 370. The van der Waals surface area contributed by atoms with Gasteiger partial charge in [0.2, 0.25) is 17.7 Å². The molecule has 0 unspecified atom stereocenters.